The maximum atomic E-state index is 12.4. The zero-order valence-corrected chi connectivity index (χ0v) is 49.1. The first-order valence-electron chi connectivity index (χ1n) is 25.9. The van der Waals surface area contributed by atoms with Gasteiger partial charge in [-0.3, -0.25) is 0 Å². The molecule has 0 saturated carbocycles. The van der Waals surface area contributed by atoms with E-state index in [1.54, 1.807) is 79.7 Å². The number of hydrogen-bond donors (Lipinski definition) is 3. The van der Waals surface area contributed by atoms with Gasteiger partial charge in [-0.2, -0.15) is 0 Å². The van der Waals surface area contributed by atoms with Gasteiger partial charge in [-0.1, -0.05) is 102 Å². The van der Waals surface area contributed by atoms with Gasteiger partial charge in [0.25, 0.3) is 0 Å². The lowest BCUT2D eigenvalue weighted by Gasteiger charge is -2.26. The molecule has 0 aliphatic heterocycles. The van der Waals surface area contributed by atoms with E-state index < -0.39 is 68.1 Å². The Balaban J connectivity index is 0.000000451. The molecule has 0 aromatic heterocycles. The summed E-state index contributed by atoms with van der Waals surface area (Å²) in [5.74, 6) is -0.534. The summed E-state index contributed by atoms with van der Waals surface area (Å²) in [4.78, 5) is 93.9. The molecule has 4 aromatic carbocycles. The summed E-state index contributed by atoms with van der Waals surface area (Å²) in [6.45, 7) is 27.5. The van der Waals surface area contributed by atoms with E-state index in [4.69, 9.17) is 48.1 Å². The van der Waals surface area contributed by atoms with Crippen LogP contribution in [0.1, 0.15) is 91.0 Å². The summed E-state index contributed by atoms with van der Waals surface area (Å²) < 4.78 is 56.2. The van der Waals surface area contributed by atoms with Crippen molar-refractivity contribution in [3.05, 3.63) is 156 Å². The third-order valence-corrected chi connectivity index (χ3v) is 14.5. The van der Waals surface area contributed by atoms with Crippen molar-refractivity contribution >= 4 is 57.3 Å². The number of hydrogen-bond acceptors (Lipinski definition) is 19. The minimum Gasteiger partial charge on any atom is -0.460 e. The van der Waals surface area contributed by atoms with Crippen LogP contribution >= 0.6 is 0 Å². The van der Waals surface area contributed by atoms with Gasteiger partial charge >= 0.3 is 57.3 Å². The van der Waals surface area contributed by atoms with Crippen molar-refractivity contribution in [3.8, 4) is 35.5 Å². The van der Waals surface area contributed by atoms with Crippen molar-refractivity contribution in [2.75, 3.05) is 46.1 Å². The monoisotopic (exact) mass is 1170 g/mol. The normalized spacial score (nSPS) is 10.8. The average molecular weight is 1170 g/mol. The van der Waals surface area contributed by atoms with Crippen LogP contribution in [0.25, 0.3) is 0 Å². The smallest absolute Gasteiger partial charge is 0.460 e. The zero-order chi connectivity index (χ0) is 61.8. The number of esters is 3. The fourth-order valence-corrected chi connectivity index (χ4v) is 9.31. The second kappa shape index (κ2) is 33.5. The molecule has 22 nitrogen and oxygen atoms in total. The molecule has 3 amide bonds. The molecule has 0 saturated heterocycles. The number of alkyl carbamates (subject to hydrolysis) is 2. The summed E-state index contributed by atoms with van der Waals surface area (Å²) in [6.07, 6.45) is 2.87. The third kappa shape index (κ3) is 23.4. The lowest BCUT2D eigenvalue weighted by molar-refractivity contribution is -0.139. The fraction of sp³-hybridized carbons (Fsp3) is 0.333. The molecule has 0 bridgehead atoms. The first-order chi connectivity index (χ1) is 39.2. The highest BCUT2D eigenvalue weighted by Gasteiger charge is 2.42. The van der Waals surface area contributed by atoms with Crippen LogP contribution in [0.5, 0.6) is 23.0 Å². The van der Waals surface area contributed by atoms with Crippen LogP contribution in [0.3, 0.4) is 0 Å². The predicted molar refractivity (Wildman–Crippen MR) is 305 cm³/mol. The zero-order valence-electron chi connectivity index (χ0n) is 48.1. The van der Waals surface area contributed by atoms with Crippen LogP contribution in [0, 0.1) is 12.5 Å². The molecule has 0 radical (unpaired) electrons. The number of carbonyl (C=O) groups is 8. The van der Waals surface area contributed by atoms with Crippen molar-refractivity contribution in [2.45, 2.75) is 85.6 Å². The lowest BCUT2D eigenvalue weighted by Crippen LogP contribution is -2.45. The Morgan fingerprint density at radius 1 is 0.482 bits per heavy atom. The topological polar surface area (TPSA) is 274 Å². The van der Waals surface area contributed by atoms with Gasteiger partial charge in [0, 0.05) is 53.4 Å². The Bertz CT molecular complexity index is 2940. The molecule has 4 rings (SSSR count). The molecule has 0 spiro atoms. The minimum absolute atomic E-state index is 0.0494. The summed E-state index contributed by atoms with van der Waals surface area (Å²) in [5.41, 5.74) is 3.62. The van der Waals surface area contributed by atoms with Gasteiger partial charge in [-0.05, 0) is 112 Å². The van der Waals surface area contributed by atoms with E-state index in [-0.39, 0.29) is 48.9 Å². The third-order valence-electron chi connectivity index (χ3n) is 11.6. The Labute approximate surface area is 484 Å². The van der Waals surface area contributed by atoms with E-state index >= 15 is 0 Å². The van der Waals surface area contributed by atoms with Crippen molar-refractivity contribution in [3.63, 3.8) is 0 Å². The summed E-state index contributed by atoms with van der Waals surface area (Å²) >= 11 is 0. The summed E-state index contributed by atoms with van der Waals surface area (Å²) in [6, 6.07) is 28.1. The number of terminal acetylenes is 1. The van der Waals surface area contributed by atoms with Gasteiger partial charge in [-0.15, -0.1) is 0 Å². The van der Waals surface area contributed by atoms with Gasteiger partial charge in [-0.25, -0.2) is 38.4 Å². The molecule has 0 unspecified atom stereocenters. The molecule has 0 heterocycles. The van der Waals surface area contributed by atoms with Crippen LogP contribution in [0.2, 0.25) is 6.04 Å². The molecule has 444 valence electrons. The quantitative estimate of drug-likeness (QED) is 0.00607. The highest BCUT2D eigenvalue weighted by atomic mass is 28.4. The molecule has 4 aromatic rings. The second-order valence-electron chi connectivity index (χ2n) is 18.9. The van der Waals surface area contributed by atoms with Crippen molar-refractivity contribution in [1.82, 2.24) is 16.0 Å². The standard InChI is InChI=1S/C33H42N2O11Si.C27H29NO8/c1-8-41-47(42-9-2,43-10-3)23-11-20-34-30(37)44-27-16-12-25(13-17-27)33(6,7)26-14-18-28(19-15-26)45-32(39)46-31(38)35-21-22-40-29(36)24(4)5;1-17(2)23(29)33-16-15-28-25(31)36-26(32)35-22-13-9-20(10-14-22)27(5,6)19-7-11-21(12-8-19)34-24(30)18(3)4/h1,12-19H,4,9-11,20-23H2,2-3,5-7H3,(H,34,37)(H,35,38);7-14H,1,3,15-16H2,2,4-6H3,(H,28,31). The lowest BCUT2D eigenvalue weighted by atomic mass is 9.78. The Kier molecular flexibility index (Phi) is 27.5. The molecule has 23 heteroatoms. The number of ether oxygens (including phenoxy) is 8. The van der Waals surface area contributed by atoms with Gasteiger partial charge in [0.2, 0.25) is 0 Å². The van der Waals surface area contributed by atoms with Crippen LogP contribution < -0.4 is 34.9 Å². The van der Waals surface area contributed by atoms with Gasteiger partial charge in [0.15, 0.2) is 0 Å². The van der Waals surface area contributed by atoms with Crippen LogP contribution in [0.15, 0.2) is 134 Å². The van der Waals surface area contributed by atoms with Gasteiger partial charge in [0.1, 0.15) is 36.2 Å². The van der Waals surface area contributed by atoms with Crippen LogP contribution in [-0.2, 0) is 57.4 Å². The van der Waals surface area contributed by atoms with Crippen molar-refractivity contribution < 1.29 is 89.5 Å². The minimum atomic E-state index is -3.01. The number of benzene rings is 4. The van der Waals surface area contributed by atoms with E-state index in [9.17, 15) is 38.4 Å². The molecule has 0 aliphatic carbocycles. The van der Waals surface area contributed by atoms with Gasteiger partial charge < -0.3 is 67.1 Å². The maximum absolute atomic E-state index is 12.4. The molecule has 0 fully saturated rings. The molecular formula is C60H71N3O19Si. The number of nitrogens with one attached hydrogen (secondary N) is 3. The molecule has 0 aliphatic rings. The predicted octanol–water partition coefficient (Wildman–Crippen LogP) is 10.3. The fourth-order valence-electron chi connectivity index (χ4n) is 7.05. The molecule has 83 heavy (non-hydrogen) atoms. The molecule has 0 atom stereocenters. The summed E-state index contributed by atoms with van der Waals surface area (Å²) in [5, 5.41) is 7.23. The van der Waals surface area contributed by atoms with E-state index in [1.165, 1.54) is 13.8 Å². The molecular weight excluding hydrogens is 1090 g/mol. The van der Waals surface area contributed by atoms with Crippen LogP contribution in [-0.4, -0.2) is 103 Å². The number of carbonyl (C=O) groups excluding carboxylic acids is 8. The van der Waals surface area contributed by atoms with E-state index in [0.717, 1.165) is 22.3 Å². The molecule has 3 N–H and O–H groups in total. The Morgan fingerprint density at radius 2 is 0.807 bits per heavy atom. The number of amides is 3. The van der Waals surface area contributed by atoms with E-state index in [0.29, 0.717) is 49.3 Å². The van der Waals surface area contributed by atoms with Crippen molar-refractivity contribution in [1.29, 1.82) is 0 Å². The van der Waals surface area contributed by atoms with Gasteiger partial charge in [0.05, 0.1) is 19.2 Å². The highest BCUT2D eigenvalue weighted by Crippen LogP contribution is 2.35. The largest absolute Gasteiger partial charge is 0.574 e. The highest BCUT2D eigenvalue weighted by molar-refractivity contribution is 6.61. The van der Waals surface area contributed by atoms with E-state index in [1.807, 2.05) is 65.8 Å². The Hall–Kier alpha value is -9.24. The Morgan fingerprint density at radius 3 is 1.13 bits per heavy atom. The first-order valence-corrected chi connectivity index (χ1v) is 27.9. The summed E-state index contributed by atoms with van der Waals surface area (Å²) in [7, 11) is -3.01. The second-order valence-corrected chi connectivity index (χ2v) is 21.5. The van der Waals surface area contributed by atoms with Crippen molar-refractivity contribution in [2.24, 2.45) is 0 Å². The first kappa shape index (κ1) is 68.0. The van der Waals surface area contributed by atoms with Crippen LogP contribution in [0.4, 0.5) is 24.0 Å². The average Bonchev–Trinajstić information content (AvgIpc) is 3.34. The maximum Gasteiger partial charge on any atom is 0.574 e. The van der Waals surface area contributed by atoms with E-state index in [2.05, 4.69) is 51.3 Å². The number of rotatable bonds is 26. The SMILES string of the molecule is C#CO[Si](CCCNC(=O)Oc1ccc(C(C)(C)c2ccc(OC(=O)OC(=O)NCCOC(=O)C(=C)C)cc2)cc1)(OCC)OCC.C=C(C)C(=O)OCCNC(=O)OC(=O)Oc1ccc(C(C)(C)c2ccc(OC(=O)C(=C)C)cc2)cc1.